The molecule has 1 fully saturated rings. The fourth-order valence-corrected chi connectivity index (χ4v) is 2.51. The van der Waals surface area contributed by atoms with E-state index in [-0.39, 0.29) is 24.3 Å². The highest BCUT2D eigenvalue weighted by molar-refractivity contribution is 5.87. The van der Waals surface area contributed by atoms with E-state index in [0.29, 0.717) is 6.42 Å². The van der Waals surface area contributed by atoms with Crippen LogP contribution in [0.3, 0.4) is 0 Å². The Morgan fingerprint density at radius 2 is 2.06 bits per heavy atom. The quantitative estimate of drug-likeness (QED) is 0.240. The molecule has 1 saturated carbocycles. The number of oxime groups is 1. The van der Waals surface area contributed by atoms with E-state index in [2.05, 4.69) is 12.1 Å². The minimum absolute atomic E-state index is 0.116. The largest absolute Gasteiger partial charge is 0.409 e. The van der Waals surface area contributed by atoms with Crippen LogP contribution in [0.4, 0.5) is 0 Å². The minimum atomic E-state index is 0.116. The summed E-state index contributed by atoms with van der Waals surface area (Å²) < 4.78 is 0. The molecule has 1 aliphatic carbocycles. The molecule has 1 rings (SSSR count). The van der Waals surface area contributed by atoms with Gasteiger partial charge in [-0.3, -0.25) is 4.79 Å². The number of nitrogens with two attached hydrogens (primary N) is 1. The summed E-state index contributed by atoms with van der Waals surface area (Å²) in [7, 11) is 0. The first-order chi connectivity index (χ1) is 8.69. The van der Waals surface area contributed by atoms with Crippen molar-refractivity contribution in [2.24, 2.45) is 10.9 Å². The van der Waals surface area contributed by atoms with Crippen molar-refractivity contribution in [3.05, 3.63) is 0 Å². The van der Waals surface area contributed by atoms with Crippen molar-refractivity contribution < 1.29 is 10.0 Å². The third-order valence-electron chi connectivity index (χ3n) is 3.54. The second kappa shape index (κ2) is 7.95. The van der Waals surface area contributed by atoms with Gasteiger partial charge in [0.05, 0.1) is 6.54 Å². The van der Waals surface area contributed by atoms with Crippen LogP contribution in [0.25, 0.3) is 0 Å². The van der Waals surface area contributed by atoms with Gasteiger partial charge in [0.2, 0.25) is 5.91 Å². The van der Waals surface area contributed by atoms with Gasteiger partial charge in [-0.25, -0.2) is 0 Å². The van der Waals surface area contributed by atoms with Crippen molar-refractivity contribution in [1.29, 1.82) is 0 Å². The fraction of sp³-hybridized carbons (Fsp3) is 0.846. The Balaban J connectivity index is 2.55. The number of nitrogens with zero attached hydrogens (tertiary/aromatic N) is 2. The molecule has 0 aromatic heterocycles. The Kier molecular flexibility index (Phi) is 6.54. The molecule has 0 aromatic rings. The van der Waals surface area contributed by atoms with Crippen LogP contribution >= 0.6 is 0 Å². The lowest BCUT2D eigenvalue weighted by atomic mass is 10.1. The van der Waals surface area contributed by atoms with Gasteiger partial charge < -0.3 is 15.8 Å². The molecule has 18 heavy (non-hydrogen) atoms. The maximum atomic E-state index is 12.2. The Labute approximate surface area is 109 Å². The number of carbonyl (C=O) groups is 1. The summed E-state index contributed by atoms with van der Waals surface area (Å²) in [5.74, 6) is 0.257. The van der Waals surface area contributed by atoms with Gasteiger partial charge in [0, 0.05) is 12.5 Å². The van der Waals surface area contributed by atoms with E-state index in [0.717, 1.165) is 32.1 Å². The van der Waals surface area contributed by atoms with E-state index in [1.165, 1.54) is 12.8 Å². The molecule has 5 heteroatoms. The molecule has 1 aliphatic rings. The summed E-state index contributed by atoms with van der Waals surface area (Å²) in [5.41, 5.74) is 5.54. The molecular weight excluding hydrogens is 230 g/mol. The van der Waals surface area contributed by atoms with Crippen LogP contribution in [0.5, 0.6) is 0 Å². The Morgan fingerprint density at radius 3 is 2.61 bits per heavy atom. The zero-order chi connectivity index (χ0) is 13.4. The number of amidine groups is 1. The smallest absolute Gasteiger partial charge is 0.223 e. The van der Waals surface area contributed by atoms with Gasteiger partial charge in [-0.15, -0.1) is 0 Å². The predicted octanol–water partition coefficient (Wildman–Crippen LogP) is 2.08. The molecule has 0 saturated heterocycles. The molecule has 0 aliphatic heterocycles. The molecule has 104 valence electrons. The standard InChI is InChI=1S/C13H25N3O2/c1-2-3-4-9-13(17)16(10-12(14)15-18)11-7-5-6-8-11/h11,18H,2-10H2,1H3,(H2,14,15). The van der Waals surface area contributed by atoms with Crippen LogP contribution in [0.15, 0.2) is 5.16 Å². The van der Waals surface area contributed by atoms with E-state index in [4.69, 9.17) is 10.9 Å². The van der Waals surface area contributed by atoms with Gasteiger partial charge >= 0.3 is 0 Å². The molecule has 3 N–H and O–H groups in total. The topological polar surface area (TPSA) is 78.9 Å². The fourth-order valence-electron chi connectivity index (χ4n) is 2.51. The summed E-state index contributed by atoms with van der Waals surface area (Å²) in [5, 5.41) is 11.6. The Morgan fingerprint density at radius 1 is 1.39 bits per heavy atom. The number of hydrogen-bond donors (Lipinski definition) is 2. The summed E-state index contributed by atoms with van der Waals surface area (Å²) in [6.45, 7) is 2.38. The summed E-state index contributed by atoms with van der Waals surface area (Å²) in [6, 6.07) is 0.277. The van der Waals surface area contributed by atoms with Gasteiger partial charge in [0.25, 0.3) is 0 Å². The number of carbonyl (C=O) groups excluding carboxylic acids is 1. The second-order valence-corrected chi connectivity index (χ2v) is 5.01. The summed E-state index contributed by atoms with van der Waals surface area (Å²) in [6.07, 6.45) is 8.10. The van der Waals surface area contributed by atoms with Crippen molar-refractivity contribution in [2.45, 2.75) is 64.3 Å². The second-order valence-electron chi connectivity index (χ2n) is 5.01. The van der Waals surface area contributed by atoms with Crippen LogP contribution in [0, 0.1) is 0 Å². The summed E-state index contributed by atoms with van der Waals surface area (Å²) >= 11 is 0. The van der Waals surface area contributed by atoms with Gasteiger partial charge in [0.1, 0.15) is 0 Å². The normalized spacial score (nSPS) is 17.1. The third-order valence-corrected chi connectivity index (χ3v) is 3.54. The van der Waals surface area contributed by atoms with Crippen LogP contribution in [-0.2, 0) is 4.79 Å². The van der Waals surface area contributed by atoms with Crippen molar-refractivity contribution >= 4 is 11.7 Å². The maximum Gasteiger partial charge on any atom is 0.223 e. The number of hydrogen-bond acceptors (Lipinski definition) is 3. The first-order valence-corrected chi connectivity index (χ1v) is 6.95. The van der Waals surface area contributed by atoms with Gasteiger partial charge in [-0.05, 0) is 19.3 Å². The first-order valence-electron chi connectivity index (χ1n) is 6.95. The number of unbranched alkanes of at least 4 members (excludes halogenated alkanes) is 2. The van der Waals surface area contributed by atoms with Crippen molar-refractivity contribution in [3.63, 3.8) is 0 Å². The summed E-state index contributed by atoms with van der Waals surface area (Å²) in [4.78, 5) is 14.0. The maximum absolute atomic E-state index is 12.2. The average molecular weight is 255 g/mol. The highest BCUT2D eigenvalue weighted by atomic mass is 16.4. The number of rotatable bonds is 7. The van der Waals surface area contributed by atoms with Crippen LogP contribution < -0.4 is 5.73 Å². The average Bonchev–Trinajstić information content (AvgIpc) is 2.89. The lowest BCUT2D eigenvalue weighted by Gasteiger charge is -2.28. The molecule has 0 heterocycles. The third kappa shape index (κ3) is 4.55. The van der Waals surface area contributed by atoms with Crippen molar-refractivity contribution in [2.75, 3.05) is 6.54 Å². The van der Waals surface area contributed by atoms with Crippen LogP contribution in [-0.4, -0.2) is 34.4 Å². The van der Waals surface area contributed by atoms with E-state index in [1.54, 1.807) is 4.90 Å². The highest BCUT2D eigenvalue weighted by Crippen LogP contribution is 2.24. The monoisotopic (exact) mass is 255 g/mol. The molecule has 0 bridgehead atoms. The van der Waals surface area contributed by atoms with E-state index >= 15 is 0 Å². The van der Waals surface area contributed by atoms with Crippen molar-refractivity contribution in [3.8, 4) is 0 Å². The predicted molar refractivity (Wildman–Crippen MR) is 71.5 cm³/mol. The SMILES string of the molecule is CCCCCC(=O)N(CC(N)=NO)C1CCCC1. The Hall–Kier alpha value is -1.26. The Bertz CT molecular complexity index is 286. The highest BCUT2D eigenvalue weighted by Gasteiger charge is 2.26. The van der Waals surface area contributed by atoms with Crippen LogP contribution in [0.1, 0.15) is 58.3 Å². The molecule has 0 atom stereocenters. The van der Waals surface area contributed by atoms with E-state index in [1.807, 2.05) is 0 Å². The lowest BCUT2D eigenvalue weighted by molar-refractivity contribution is -0.132. The molecule has 0 spiro atoms. The molecule has 0 unspecified atom stereocenters. The molecule has 0 aromatic carbocycles. The van der Waals surface area contributed by atoms with Crippen molar-refractivity contribution in [1.82, 2.24) is 4.90 Å². The first kappa shape index (κ1) is 14.8. The lowest BCUT2D eigenvalue weighted by Crippen LogP contribution is -2.44. The molecule has 0 radical (unpaired) electrons. The molecular formula is C13H25N3O2. The molecule has 1 amide bonds. The molecule has 5 nitrogen and oxygen atoms in total. The van der Waals surface area contributed by atoms with Gasteiger partial charge in [-0.1, -0.05) is 37.8 Å². The van der Waals surface area contributed by atoms with E-state index in [9.17, 15) is 4.79 Å². The van der Waals surface area contributed by atoms with Gasteiger partial charge in [0.15, 0.2) is 5.84 Å². The van der Waals surface area contributed by atoms with Crippen LogP contribution in [0.2, 0.25) is 0 Å². The van der Waals surface area contributed by atoms with E-state index < -0.39 is 0 Å². The zero-order valence-corrected chi connectivity index (χ0v) is 11.3. The van der Waals surface area contributed by atoms with Gasteiger partial charge in [-0.2, -0.15) is 0 Å². The minimum Gasteiger partial charge on any atom is -0.409 e. The number of amides is 1. The zero-order valence-electron chi connectivity index (χ0n) is 11.3.